The second-order valence-corrected chi connectivity index (χ2v) is 14.7. The Kier molecular flexibility index (Phi) is 7.05. The number of hydrogen-bond donors (Lipinski definition) is 2. The number of methoxy groups -OCH3 is 1. The van der Waals surface area contributed by atoms with Crippen molar-refractivity contribution >= 4 is 38.0 Å². The summed E-state index contributed by atoms with van der Waals surface area (Å²) in [5.41, 5.74) is 14.7. The number of nitrogens with one attached hydrogen (secondary N) is 2. The highest BCUT2D eigenvalue weighted by molar-refractivity contribution is 9.10. The highest BCUT2D eigenvalue weighted by Crippen LogP contribution is 2.41. The molecule has 0 saturated carbocycles. The summed E-state index contributed by atoms with van der Waals surface area (Å²) in [4.78, 5) is 18.0. The second kappa shape index (κ2) is 10.7. The lowest BCUT2D eigenvalue weighted by molar-refractivity contribution is 0.409. The third kappa shape index (κ3) is 5.29. The van der Waals surface area contributed by atoms with E-state index in [1.54, 1.807) is 7.11 Å². The molecule has 0 aliphatic carbocycles. The Morgan fingerprint density at radius 1 is 0.622 bits per heavy atom. The highest BCUT2D eigenvalue weighted by atomic mass is 79.9. The van der Waals surface area contributed by atoms with Gasteiger partial charge in [0, 0.05) is 57.2 Å². The van der Waals surface area contributed by atoms with Gasteiger partial charge in [-0.15, -0.1) is 0 Å². The van der Waals surface area contributed by atoms with E-state index in [1.807, 2.05) is 0 Å². The van der Waals surface area contributed by atoms with Crippen molar-refractivity contribution in [2.75, 3.05) is 7.11 Å². The van der Waals surface area contributed by atoms with E-state index in [9.17, 15) is 0 Å². The number of aryl methyl sites for hydroxylation is 2. The molecule has 7 rings (SSSR count). The fraction of sp³-hybridized carbons (Fsp3) is 0.282. The first-order chi connectivity index (χ1) is 21.4. The summed E-state index contributed by atoms with van der Waals surface area (Å²) in [7, 11) is 1.74. The molecule has 2 aliphatic rings. The van der Waals surface area contributed by atoms with Crippen LogP contribution in [0.4, 0.5) is 0 Å². The third-order valence-electron chi connectivity index (χ3n) is 9.30. The maximum atomic E-state index is 6.14. The Labute approximate surface area is 273 Å². The molecular formula is C39H39BrN4O. The highest BCUT2D eigenvalue weighted by Gasteiger charge is 2.32. The van der Waals surface area contributed by atoms with Crippen molar-refractivity contribution in [3.05, 3.63) is 111 Å². The molecule has 45 heavy (non-hydrogen) atoms. The van der Waals surface area contributed by atoms with Crippen LogP contribution in [0.15, 0.2) is 77.3 Å². The molecule has 0 fully saturated rings. The fourth-order valence-electron chi connectivity index (χ4n) is 6.57. The van der Waals surface area contributed by atoms with Gasteiger partial charge in [0.1, 0.15) is 0 Å². The quantitative estimate of drug-likeness (QED) is 0.203. The van der Waals surface area contributed by atoms with E-state index in [-0.39, 0.29) is 10.8 Å². The predicted molar refractivity (Wildman–Crippen MR) is 189 cm³/mol. The summed E-state index contributed by atoms with van der Waals surface area (Å²) in [6.07, 6.45) is 1.58. The molecule has 0 spiro atoms. The summed E-state index contributed by atoms with van der Waals surface area (Å²) < 4.78 is 7.12. The van der Waals surface area contributed by atoms with Crippen molar-refractivity contribution in [2.45, 2.75) is 65.2 Å². The minimum atomic E-state index is -0.186. The minimum absolute atomic E-state index is 0.156. The molecule has 228 valence electrons. The zero-order chi connectivity index (χ0) is 31.7. The molecule has 5 heterocycles. The largest absolute Gasteiger partial charge is 0.493 e. The Bertz CT molecular complexity index is 2120. The van der Waals surface area contributed by atoms with Crippen LogP contribution in [0.25, 0.3) is 44.3 Å². The average molecular weight is 660 g/mol. The van der Waals surface area contributed by atoms with Crippen molar-refractivity contribution in [1.82, 2.24) is 19.9 Å². The van der Waals surface area contributed by atoms with Crippen LogP contribution < -0.4 is 4.74 Å². The zero-order valence-corrected chi connectivity index (χ0v) is 28.6. The number of H-pyrrole nitrogens is 2. The van der Waals surface area contributed by atoms with E-state index in [0.29, 0.717) is 0 Å². The van der Waals surface area contributed by atoms with Crippen LogP contribution in [-0.2, 0) is 23.7 Å². The molecule has 2 N–H and O–H groups in total. The average Bonchev–Trinajstić information content (AvgIpc) is 3.74. The zero-order valence-electron chi connectivity index (χ0n) is 27.0. The lowest BCUT2D eigenvalue weighted by Crippen LogP contribution is -2.15. The van der Waals surface area contributed by atoms with E-state index >= 15 is 0 Å². The van der Waals surface area contributed by atoms with Crippen LogP contribution in [0.3, 0.4) is 0 Å². The first kappa shape index (κ1) is 29.5. The standard InChI is InChI=1S/C39H39BrN4O/c1-22-8-12-24(13-9-22)26-16-30-36(40)32-20-38(3,4)34(43-32)19-29-27(25-14-10-23(2)11-15-25)17-31(42-29)37(45-7)33-21-39(5,6)35(44-33)18-28(26)41-30/h8-19,41-42H,20-21H2,1-7H3. The number of hydrogen-bond acceptors (Lipinski definition) is 3. The molecule has 2 aliphatic heterocycles. The van der Waals surface area contributed by atoms with Crippen molar-refractivity contribution in [2.24, 2.45) is 0 Å². The van der Waals surface area contributed by atoms with Crippen LogP contribution in [0.5, 0.6) is 5.75 Å². The number of aromatic nitrogens is 4. The summed E-state index contributed by atoms with van der Waals surface area (Å²) in [5, 5.41) is 0. The number of nitrogens with zero attached hydrogens (tertiary/aromatic N) is 2. The molecular weight excluding hydrogens is 620 g/mol. The van der Waals surface area contributed by atoms with Gasteiger partial charge in [0.15, 0.2) is 5.75 Å². The van der Waals surface area contributed by atoms with Gasteiger partial charge in [0.25, 0.3) is 0 Å². The number of rotatable bonds is 3. The third-order valence-corrected chi connectivity index (χ3v) is 10.2. The maximum absolute atomic E-state index is 6.14. The number of halogens is 1. The molecule has 8 bridgehead atoms. The predicted octanol–water partition coefficient (Wildman–Crippen LogP) is 10.1. The van der Waals surface area contributed by atoms with E-state index in [4.69, 9.17) is 14.7 Å². The van der Waals surface area contributed by atoms with E-state index in [1.165, 1.54) is 11.1 Å². The lowest BCUT2D eigenvalue weighted by Gasteiger charge is -2.16. The monoisotopic (exact) mass is 658 g/mol. The second-order valence-electron chi connectivity index (χ2n) is 13.9. The van der Waals surface area contributed by atoms with Crippen LogP contribution in [0.2, 0.25) is 0 Å². The molecule has 0 amide bonds. The van der Waals surface area contributed by atoms with E-state index in [0.717, 1.165) is 90.2 Å². The Morgan fingerprint density at radius 2 is 1.07 bits per heavy atom. The van der Waals surface area contributed by atoms with E-state index < -0.39 is 0 Å². The minimum Gasteiger partial charge on any atom is -0.493 e. The Balaban J connectivity index is 1.62. The lowest BCUT2D eigenvalue weighted by atomic mass is 9.86. The molecule has 3 aromatic heterocycles. The van der Waals surface area contributed by atoms with Gasteiger partial charge < -0.3 is 14.7 Å². The van der Waals surface area contributed by atoms with E-state index in [2.05, 4.69) is 140 Å². The summed E-state index contributed by atoms with van der Waals surface area (Å²) >= 11 is 3.98. The number of aromatic amines is 2. The first-order valence-corrected chi connectivity index (χ1v) is 16.4. The number of fused-ring (bicyclic) bond motifs is 8. The van der Waals surface area contributed by atoms with Gasteiger partial charge >= 0.3 is 0 Å². The number of ether oxygens (including phenoxy) is 1. The molecule has 2 aromatic carbocycles. The molecule has 6 heteroatoms. The van der Waals surface area contributed by atoms with Gasteiger partial charge in [-0.2, -0.15) is 0 Å². The molecule has 0 radical (unpaired) electrons. The van der Waals surface area contributed by atoms with Crippen LogP contribution >= 0.6 is 15.9 Å². The smallest absolute Gasteiger partial charge is 0.163 e. The van der Waals surface area contributed by atoms with Crippen molar-refractivity contribution in [3.8, 4) is 28.0 Å². The Hall–Kier alpha value is -4.16. The van der Waals surface area contributed by atoms with Crippen LogP contribution in [0, 0.1) is 13.8 Å². The van der Waals surface area contributed by atoms with Crippen LogP contribution in [0.1, 0.15) is 61.6 Å². The van der Waals surface area contributed by atoms with Gasteiger partial charge in [0.05, 0.1) is 34.0 Å². The fourth-order valence-corrected chi connectivity index (χ4v) is 7.01. The van der Waals surface area contributed by atoms with Crippen molar-refractivity contribution in [3.63, 3.8) is 0 Å². The molecule has 0 atom stereocenters. The molecule has 0 unspecified atom stereocenters. The van der Waals surface area contributed by atoms with Crippen molar-refractivity contribution in [1.29, 1.82) is 0 Å². The summed E-state index contributed by atoms with van der Waals surface area (Å²) in [6.45, 7) is 13.3. The normalized spacial score (nSPS) is 15.3. The molecule has 5 aromatic rings. The molecule has 0 saturated heterocycles. The van der Waals surface area contributed by atoms with Gasteiger partial charge in [-0.1, -0.05) is 87.4 Å². The first-order valence-electron chi connectivity index (χ1n) is 15.6. The van der Waals surface area contributed by atoms with Gasteiger partial charge in [-0.05, 0) is 65.2 Å². The Morgan fingerprint density at radius 3 is 1.58 bits per heavy atom. The van der Waals surface area contributed by atoms with Gasteiger partial charge in [-0.25, -0.2) is 0 Å². The maximum Gasteiger partial charge on any atom is 0.163 e. The van der Waals surface area contributed by atoms with Gasteiger partial charge in [-0.3, -0.25) is 9.97 Å². The van der Waals surface area contributed by atoms with Gasteiger partial charge in [0.2, 0.25) is 0 Å². The topological polar surface area (TPSA) is 66.6 Å². The molecule has 5 nitrogen and oxygen atoms in total. The summed E-state index contributed by atoms with van der Waals surface area (Å²) in [6, 6.07) is 26.3. The SMILES string of the molecule is COc1c2nc(cc3[nH]c(cc3-c3ccc(C)cc3)c(Br)c3nc(cc4[nH]c1cc4-c1ccc(C)cc1)C(C)(C)C3)C(C)(C)C2. The van der Waals surface area contributed by atoms with Crippen LogP contribution in [-0.4, -0.2) is 27.0 Å². The van der Waals surface area contributed by atoms with Crippen molar-refractivity contribution < 1.29 is 4.74 Å². The number of benzene rings is 2. The summed E-state index contributed by atoms with van der Waals surface area (Å²) in [5.74, 6) is 0.772.